The van der Waals surface area contributed by atoms with Crippen LogP contribution < -0.4 is 10.8 Å². The van der Waals surface area contributed by atoms with Crippen LogP contribution in [0.25, 0.3) is 5.70 Å². The van der Waals surface area contributed by atoms with E-state index in [2.05, 4.69) is 15.8 Å². The predicted octanol–water partition coefficient (Wildman–Crippen LogP) is 2.03. The maximum atomic E-state index is 13.2. The van der Waals surface area contributed by atoms with Gasteiger partial charge in [0, 0.05) is 37.9 Å². The van der Waals surface area contributed by atoms with Crippen LogP contribution in [0.3, 0.4) is 0 Å². The molecule has 30 heavy (non-hydrogen) atoms. The maximum Gasteiger partial charge on any atom is 0.431 e. The zero-order chi connectivity index (χ0) is 21.7. The topological polar surface area (TPSA) is 121 Å². The molecular formula is C19H24N4O5S2. The van der Waals surface area contributed by atoms with E-state index in [1.807, 2.05) is 6.08 Å². The molecule has 0 aliphatic heterocycles. The van der Waals surface area contributed by atoms with Crippen molar-refractivity contribution < 1.29 is 23.2 Å². The fourth-order valence-corrected chi connectivity index (χ4v) is 5.93. The van der Waals surface area contributed by atoms with E-state index >= 15 is 0 Å². The first kappa shape index (κ1) is 22.2. The number of rotatable bonds is 8. The van der Waals surface area contributed by atoms with Crippen molar-refractivity contribution in [1.82, 2.24) is 20.1 Å². The number of fused-ring (bicyclic) bond motifs is 1. The molecule has 1 unspecified atom stereocenters. The zero-order valence-electron chi connectivity index (χ0n) is 16.7. The van der Waals surface area contributed by atoms with Crippen LogP contribution in [-0.2, 0) is 21.3 Å². The first-order chi connectivity index (χ1) is 14.3. The summed E-state index contributed by atoms with van der Waals surface area (Å²) in [5.41, 5.74) is 4.45. The molecule has 11 heteroatoms. The Bertz CT molecular complexity index is 1020. The van der Waals surface area contributed by atoms with Gasteiger partial charge in [-0.25, -0.2) is 18.7 Å². The van der Waals surface area contributed by atoms with E-state index < -0.39 is 22.2 Å². The van der Waals surface area contributed by atoms with Gasteiger partial charge in [0.15, 0.2) is 0 Å². The summed E-state index contributed by atoms with van der Waals surface area (Å²) in [6, 6.07) is 3.30. The smallest absolute Gasteiger partial charge is 0.387 e. The van der Waals surface area contributed by atoms with E-state index in [1.165, 1.54) is 18.4 Å². The lowest BCUT2D eigenvalue weighted by atomic mass is 10.0. The second-order valence-corrected chi connectivity index (χ2v) is 9.56. The van der Waals surface area contributed by atoms with Crippen LogP contribution in [0.15, 0.2) is 40.9 Å². The van der Waals surface area contributed by atoms with Gasteiger partial charge in [0.2, 0.25) is 10.0 Å². The molecule has 3 rings (SSSR count). The fraction of sp³-hybridized carbons (Fsp3) is 0.368. The van der Waals surface area contributed by atoms with E-state index in [9.17, 15) is 18.3 Å². The van der Waals surface area contributed by atoms with Crippen LogP contribution in [0, 0.1) is 0 Å². The van der Waals surface area contributed by atoms with Gasteiger partial charge >= 0.3 is 6.09 Å². The minimum absolute atomic E-state index is 0.0851. The number of aromatic nitrogens is 1. The monoisotopic (exact) mass is 452 g/mol. The van der Waals surface area contributed by atoms with Gasteiger partial charge in [0.05, 0.1) is 21.6 Å². The Kier molecular flexibility index (Phi) is 7.08. The molecule has 0 bridgehead atoms. The molecule has 0 saturated heterocycles. The summed E-state index contributed by atoms with van der Waals surface area (Å²) in [4.78, 5) is 21.3. The molecule has 3 N–H and O–H groups in total. The number of carbonyl (C=O) groups is 1. The van der Waals surface area contributed by atoms with Crippen molar-refractivity contribution in [2.24, 2.45) is 0 Å². The molecule has 0 fully saturated rings. The summed E-state index contributed by atoms with van der Waals surface area (Å²) in [5.74, 6) is 0. The molecule has 1 amide bonds. The van der Waals surface area contributed by atoms with Gasteiger partial charge in [-0.05, 0) is 43.0 Å². The molecule has 2 aromatic rings. The van der Waals surface area contributed by atoms with E-state index in [0.29, 0.717) is 41.1 Å². The number of pyridine rings is 1. The SMILES string of the molecule is CCNC(=O)ONC1=CCCc2c(S(=O)(=O)N(C)CC(O)c3ccncc3)csc21. The zero-order valence-corrected chi connectivity index (χ0v) is 18.3. The van der Waals surface area contributed by atoms with Gasteiger partial charge in [-0.3, -0.25) is 4.98 Å². The maximum absolute atomic E-state index is 13.2. The fourth-order valence-electron chi connectivity index (χ4n) is 3.07. The Labute approximate surface area is 179 Å². The van der Waals surface area contributed by atoms with E-state index in [1.54, 1.807) is 36.8 Å². The number of likely N-dealkylation sites (N-methyl/N-ethyl adjacent to an activating group) is 1. The van der Waals surface area contributed by atoms with Crippen molar-refractivity contribution in [3.05, 3.63) is 52.0 Å². The normalized spacial score (nSPS) is 14.6. The summed E-state index contributed by atoms with van der Waals surface area (Å²) < 4.78 is 27.5. The second-order valence-electron chi connectivity index (χ2n) is 6.67. The number of hydrogen-bond donors (Lipinski definition) is 3. The predicted molar refractivity (Wildman–Crippen MR) is 113 cm³/mol. The number of sulfonamides is 1. The molecule has 0 spiro atoms. The summed E-state index contributed by atoms with van der Waals surface area (Å²) in [5, 5.41) is 14.5. The highest BCUT2D eigenvalue weighted by Crippen LogP contribution is 2.36. The number of hydroxylamine groups is 1. The number of allylic oxidation sites excluding steroid dienone is 1. The Morgan fingerprint density at radius 3 is 2.83 bits per heavy atom. The van der Waals surface area contributed by atoms with E-state index in [0.717, 1.165) is 4.31 Å². The van der Waals surface area contributed by atoms with Crippen LogP contribution in [0.2, 0.25) is 0 Å². The average molecular weight is 453 g/mol. The van der Waals surface area contributed by atoms with Gasteiger partial charge in [-0.1, -0.05) is 6.08 Å². The lowest BCUT2D eigenvalue weighted by Crippen LogP contribution is -2.32. The van der Waals surface area contributed by atoms with Crippen molar-refractivity contribution in [3.63, 3.8) is 0 Å². The summed E-state index contributed by atoms with van der Waals surface area (Å²) in [6.07, 6.45) is 4.55. The number of nitrogens with one attached hydrogen (secondary N) is 2. The molecule has 0 aromatic carbocycles. The molecule has 9 nitrogen and oxygen atoms in total. The minimum Gasteiger partial charge on any atom is -0.387 e. The van der Waals surface area contributed by atoms with Crippen molar-refractivity contribution in [2.75, 3.05) is 20.1 Å². The highest BCUT2D eigenvalue weighted by molar-refractivity contribution is 7.89. The average Bonchev–Trinajstić information content (AvgIpc) is 3.18. The van der Waals surface area contributed by atoms with Crippen LogP contribution in [0.4, 0.5) is 4.79 Å². The Morgan fingerprint density at radius 2 is 2.13 bits per heavy atom. The summed E-state index contributed by atoms with van der Waals surface area (Å²) >= 11 is 1.27. The lowest BCUT2D eigenvalue weighted by Gasteiger charge is -2.22. The molecule has 0 radical (unpaired) electrons. The minimum atomic E-state index is -3.81. The lowest BCUT2D eigenvalue weighted by molar-refractivity contribution is 0.116. The Balaban J connectivity index is 1.76. The molecule has 1 aliphatic carbocycles. The summed E-state index contributed by atoms with van der Waals surface area (Å²) in [6.45, 7) is 2.12. The largest absolute Gasteiger partial charge is 0.431 e. The Hall–Kier alpha value is -2.47. The summed E-state index contributed by atoms with van der Waals surface area (Å²) in [7, 11) is -2.37. The van der Waals surface area contributed by atoms with Crippen molar-refractivity contribution in [3.8, 4) is 0 Å². The van der Waals surface area contributed by atoms with Gasteiger partial charge in [0.1, 0.15) is 0 Å². The molecule has 2 heterocycles. The van der Waals surface area contributed by atoms with Crippen LogP contribution in [-0.4, -0.2) is 49.0 Å². The first-order valence-corrected chi connectivity index (χ1v) is 11.7. The number of hydrogen-bond acceptors (Lipinski definition) is 8. The van der Waals surface area contributed by atoms with E-state index in [-0.39, 0.29) is 11.4 Å². The highest BCUT2D eigenvalue weighted by Gasteiger charge is 2.30. The third kappa shape index (κ3) is 4.81. The van der Waals surface area contributed by atoms with Gasteiger partial charge in [0.25, 0.3) is 0 Å². The van der Waals surface area contributed by atoms with Crippen molar-refractivity contribution in [1.29, 1.82) is 0 Å². The molecule has 162 valence electrons. The highest BCUT2D eigenvalue weighted by atomic mass is 32.2. The number of carbonyl (C=O) groups excluding carboxylic acids is 1. The second kappa shape index (κ2) is 9.56. The molecule has 2 aromatic heterocycles. The molecule has 1 atom stereocenters. The van der Waals surface area contributed by atoms with Gasteiger partial charge in [-0.2, -0.15) is 4.31 Å². The van der Waals surface area contributed by atoms with Crippen molar-refractivity contribution in [2.45, 2.75) is 30.8 Å². The Morgan fingerprint density at radius 1 is 1.40 bits per heavy atom. The molecule has 0 saturated carbocycles. The van der Waals surface area contributed by atoms with Crippen molar-refractivity contribution >= 4 is 33.2 Å². The first-order valence-electron chi connectivity index (χ1n) is 9.40. The molecule has 1 aliphatic rings. The quantitative estimate of drug-likeness (QED) is 0.524. The number of nitrogens with zero attached hydrogens (tertiary/aromatic N) is 2. The third-order valence-electron chi connectivity index (χ3n) is 4.63. The van der Waals surface area contributed by atoms with Crippen LogP contribution in [0.1, 0.15) is 35.5 Å². The standard InChI is InChI=1S/C19H24N4O5S2/c1-3-21-19(25)28-22-15-6-4-5-14-17(12-29-18(14)15)30(26,27)23(2)11-16(24)13-7-9-20-10-8-13/h6-10,12,16,22,24H,3-5,11H2,1-2H3,(H,21,25). The van der Waals surface area contributed by atoms with Gasteiger partial charge in [-0.15, -0.1) is 11.3 Å². The van der Waals surface area contributed by atoms with Gasteiger partial charge < -0.3 is 15.3 Å². The van der Waals surface area contributed by atoms with E-state index in [4.69, 9.17) is 4.84 Å². The number of aliphatic hydroxyl groups is 1. The number of thiophene rings is 1. The third-order valence-corrected chi connectivity index (χ3v) is 7.72. The number of amides is 1. The molecular weight excluding hydrogens is 428 g/mol. The van der Waals surface area contributed by atoms with Crippen LogP contribution >= 0.6 is 11.3 Å². The van der Waals surface area contributed by atoms with Crippen LogP contribution in [0.5, 0.6) is 0 Å². The number of aliphatic hydroxyl groups excluding tert-OH is 1.